The summed E-state index contributed by atoms with van der Waals surface area (Å²) in [5.74, 6) is -0.894. The number of Topliss-reactive ketones (excluding diaryl/α,β-unsaturated/α-hetero) is 1. The average molecular weight is 464 g/mol. The maximum atomic E-state index is 13.1. The molecule has 2 saturated heterocycles. The van der Waals surface area contributed by atoms with Crippen LogP contribution in [0.4, 0.5) is 0 Å². The Hall–Kier alpha value is -3.49. The summed E-state index contributed by atoms with van der Waals surface area (Å²) in [7, 11) is 0. The van der Waals surface area contributed by atoms with Gasteiger partial charge in [0.05, 0.1) is 24.8 Å². The third-order valence-corrected chi connectivity index (χ3v) is 6.01. The lowest BCUT2D eigenvalue weighted by atomic mass is 9.96. The second-order valence-electron chi connectivity index (χ2n) is 8.21. The first kappa shape index (κ1) is 23.7. The van der Waals surface area contributed by atoms with Crippen LogP contribution in [0.15, 0.2) is 67.0 Å². The summed E-state index contributed by atoms with van der Waals surface area (Å²) in [6.07, 6.45) is 5.61. The first-order chi connectivity index (χ1) is 16.6. The van der Waals surface area contributed by atoms with Gasteiger partial charge in [0.1, 0.15) is 18.1 Å². The number of carbonyl (C=O) groups is 2. The summed E-state index contributed by atoms with van der Waals surface area (Å²) < 4.78 is 10.9. The molecule has 0 aliphatic carbocycles. The molecule has 2 aliphatic rings. The Morgan fingerprint density at radius 2 is 1.94 bits per heavy atom. The van der Waals surface area contributed by atoms with E-state index in [1.54, 1.807) is 53.7 Å². The Bertz CT molecular complexity index is 1050. The minimum absolute atomic E-state index is 0.0733. The molecule has 2 aromatic rings. The number of carbonyl (C=O) groups excluding carboxylic acids is 2. The van der Waals surface area contributed by atoms with Gasteiger partial charge in [-0.15, -0.1) is 0 Å². The Morgan fingerprint density at radius 1 is 1.18 bits per heavy atom. The summed E-state index contributed by atoms with van der Waals surface area (Å²) in [5, 5.41) is 11.1. The normalized spacial score (nSPS) is 20.5. The zero-order valence-corrected chi connectivity index (χ0v) is 19.1. The monoisotopic (exact) mass is 463 g/mol. The number of aliphatic hydroxyl groups excluding tert-OH is 1. The SMILES string of the molecule is C=CCOc1ccc(/C(O)=C2\C(=O)C(=O)N(CCCN3CCOCC3)[C@H]2c2cccnc2)cc1. The minimum Gasteiger partial charge on any atom is -0.507 e. The quantitative estimate of drug-likeness (QED) is 0.265. The van der Waals surface area contributed by atoms with E-state index in [1.165, 1.54) is 0 Å². The van der Waals surface area contributed by atoms with Gasteiger partial charge in [0.15, 0.2) is 0 Å². The van der Waals surface area contributed by atoms with Crippen LogP contribution in [0.25, 0.3) is 5.76 Å². The van der Waals surface area contributed by atoms with Gasteiger partial charge in [0.2, 0.25) is 0 Å². The number of rotatable bonds is 9. The molecular formula is C26H29N3O5. The maximum absolute atomic E-state index is 13.1. The third kappa shape index (κ3) is 5.18. The van der Waals surface area contributed by atoms with Gasteiger partial charge in [0, 0.05) is 44.1 Å². The molecule has 0 saturated carbocycles. The molecule has 178 valence electrons. The molecule has 34 heavy (non-hydrogen) atoms. The number of morpholine rings is 1. The van der Waals surface area contributed by atoms with Crippen molar-refractivity contribution in [1.29, 1.82) is 0 Å². The van der Waals surface area contributed by atoms with Crippen LogP contribution in [0.3, 0.4) is 0 Å². The number of amides is 1. The molecule has 1 N–H and O–H groups in total. The molecule has 1 atom stereocenters. The molecule has 2 aliphatic heterocycles. The summed E-state index contributed by atoms with van der Waals surface area (Å²) in [5.41, 5.74) is 1.19. The summed E-state index contributed by atoms with van der Waals surface area (Å²) >= 11 is 0. The van der Waals surface area contributed by atoms with Crippen LogP contribution in [0.5, 0.6) is 5.75 Å². The van der Waals surface area contributed by atoms with E-state index in [0.29, 0.717) is 49.7 Å². The number of likely N-dealkylation sites (tertiary alicyclic amines) is 1. The Balaban J connectivity index is 1.61. The van der Waals surface area contributed by atoms with Gasteiger partial charge in [0.25, 0.3) is 11.7 Å². The van der Waals surface area contributed by atoms with Crippen molar-refractivity contribution < 1.29 is 24.2 Å². The van der Waals surface area contributed by atoms with Gasteiger partial charge < -0.3 is 19.5 Å². The fourth-order valence-corrected chi connectivity index (χ4v) is 4.30. The molecule has 4 rings (SSSR count). The number of nitrogens with zero attached hydrogens (tertiary/aromatic N) is 3. The summed E-state index contributed by atoms with van der Waals surface area (Å²) in [4.78, 5) is 34.1. The zero-order valence-electron chi connectivity index (χ0n) is 19.1. The van der Waals surface area contributed by atoms with E-state index in [1.807, 2.05) is 6.07 Å². The third-order valence-electron chi connectivity index (χ3n) is 6.01. The number of aliphatic hydroxyl groups is 1. The van der Waals surface area contributed by atoms with E-state index >= 15 is 0 Å². The molecule has 0 bridgehead atoms. The minimum atomic E-state index is -0.699. The van der Waals surface area contributed by atoms with Crippen LogP contribution in [0.2, 0.25) is 0 Å². The van der Waals surface area contributed by atoms with Gasteiger partial charge in [-0.1, -0.05) is 18.7 Å². The molecule has 8 heteroatoms. The van der Waals surface area contributed by atoms with Crippen molar-refractivity contribution in [3.8, 4) is 5.75 Å². The van der Waals surface area contributed by atoms with Crippen molar-refractivity contribution in [2.24, 2.45) is 0 Å². The largest absolute Gasteiger partial charge is 0.507 e. The van der Waals surface area contributed by atoms with E-state index in [-0.39, 0.29) is 11.3 Å². The van der Waals surface area contributed by atoms with Crippen molar-refractivity contribution in [1.82, 2.24) is 14.8 Å². The molecule has 1 aromatic carbocycles. The molecule has 8 nitrogen and oxygen atoms in total. The van der Waals surface area contributed by atoms with Gasteiger partial charge in [-0.05, 0) is 42.3 Å². The first-order valence-corrected chi connectivity index (χ1v) is 11.4. The lowest BCUT2D eigenvalue weighted by molar-refractivity contribution is -0.140. The zero-order chi connectivity index (χ0) is 23.9. The van der Waals surface area contributed by atoms with Crippen LogP contribution in [0.1, 0.15) is 23.6 Å². The smallest absolute Gasteiger partial charge is 0.295 e. The highest BCUT2D eigenvalue weighted by Crippen LogP contribution is 2.39. The van der Waals surface area contributed by atoms with E-state index in [4.69, 9.17) is 9.47 Å². The standard InChI is InChI=1S/C26H29N3O5/c1-2-15-34-21-8-6-19(7-9-21)24(30)22-23(20-5-3-10-27-18-20)29(26(32)25(22)31)12-4-11-28-13-16-33-17-14-28/h2-3,5-10,18,23,30H,1,4,11-17H2/b24-22+/t23-/m0/s1. The van der Waals surface area contributed by atoms with Crippen molar-refractivity contribution in [2.45, 2.75) is 12.5 Å². The molecule has 0 spiro atoms. The molecule has 0 unspecified atom stereocenters. The molecule has 1 amide bonds. The van der Waals surface area contributed by atoms with Crippen molar-refractivity contribution in [3.63, 3.8) is 0 Å². The molecule has 2 fully saturated rings. The highest BCUT2D eigenvalue weighted by atomic mass is 16.5. The second-order valence-corrected chi connectivity index (χ2v) is 8.21. The van der Waals surface area contributed by atoms with Gasteiger partial charge in [-0.2, -0.15) is 0 Å². The van der Waals surface area contributed by atoms with Crippen LogP contribution >= 0.6 is 0 Å². The number of benzene rings is 1. The highest BCUT2D eigenvalue weighted by molar-refractivity contribution is 6.46. The van der Waals surface area contributed by atoms with E-state index in [0.717, 1.165) is 19.6 Å². The topological polar surface area (TPSA) is 92.2 Å². The van der Waals surface area contributed by atoms with E-state index < -0.39 is 17.7 Å². The average Bonchev–Trinajstić information content (AvgIpc) is 3.13. The summed E-state index contributed by atoms with van der Waals surface area (Å²) in [6.45, 7) is 8.31. The van der Waals surface area contributed by atoms with E-state index in [9.17, 15) is 14.7 Å². The van der Waals surface area contributed by atoms with Gasteiger partial charge >= 0.3 is 0 Å². The Morgan fingerprint density at radius 3 is 2.62 bits per heavy atom. The second kappa shape index (κ2) is 11.1. The van der Waals surface area contributed by atoms with Gasteiger partial charge in [-0.3, -0.25) is 19.5 Å². The highest BCUT2D eigenvalue weighted by Gasteiger charge is 2.45. The lowest BCUT2D eigenvalue weighted by Gasteiger charge is -2.29. The van der Waals surface area contributed by atoms with E-state index in [2.05, 4.69) is 16.5 Å². The fourth-order valence-electron chi connectivity index (χ4n) is 4.30. The maximum Gasteiger partial charge on any atom is 0.295 e. The molecule has 1 aromatic heterocycles. The van der Waals surface area contributed by atoms with Crippen molar-refractivity contribution >= 4 is 17.4 Å². The van der Waals surface area contributed by atoms with Crippen LogP contribution in [-0.2, 0) is 14.3 Å². The molecule has 0 radical (unpaired) electrons. The van der Waals surface area contributed by atoms with Crippen LogP contribution in [-0.4, -0.2) is 77.6 Å². The van der Waals surface area contributed by atoms with Crippen LogP contribution in [0, 0.1) is 0 Å². The Labute approximate surface area is 199 Å². The molecular weight excluding hydrogens is 434 g/mol. The predicted octanol–water partition coefficient (Wildman–Crippen LogP) is 2.79. The number of hydrogen-bond donors (Lipinski definition) is 1. The summed E-state index contributed by atoms with van der Waals surface area (Å²) in [6, 6.07) is 9.62. The fraction of sp³-hybridized carbons (Fsp3) is 0.346. The van der Waals surface area contributed by atoms with Crippen LogP contribution < -0.4 is 4.74 Å². The van der Waals surface area contributed by atoms with Crippen molar-refractivity contribution in [2.75, 3.05) is 46.0 Å². The number of aromatic nitrogens is 1. The molecule has 3 heterocycles. The number of hydrogen-bond acceptors (Lipinski definition) is 7. The lowest BCUT2D eigenvalue weighted by Crippen LogP contribution is -2.39. The first-order valence-electron chi connectivity index (χ1n) is 11.4. The number of ketones is 1. The number of pyridine rings is 1. The van der Waals surface area contributed by atoms with Gasteiger partial charge in [-0.25, -0.2) is 0 Å². The predicted molar refractivity (Wildman–Crippen MR) is 127 cm³/mol. The number of ether oxygens (including phenoxy) is 2. The van der Waals surface area contributed by atoms with Crippen molar-refractivity contribution in [3.05, 3.63) is 78.1 Å². The Kier molecular flexibility index (Phi) is 7.72.